The van der Waals surface area contributed by atoms with Crippen molar-refractivity contribution in [3.8, 4) is 0 Å². The van der Waals surface area contributed by atoms with Crippen LogP contribution >= 0.6 is 0 Å². The highest BCUT2D eigenvalue weighted by Gasteiger charge is 2.27. The molecule has 1 aliphatic heterocycles. The zero-order valence-electron chi connectivity index (χ0n) is 10.2. The molecule has 1 N–H and O–H groups in total. The standard InChI is InChI=1S/C13H19N3O/c1-14-10-13(17)16-8-3-2-6-12(16)11-5-4-7-15-9-11/h4-5,7,9,12,14H,2-3,6,8,10H2,1H3/t12-/m0/s1. The predicted octanol–water partition coefficient (Wildman–Crippen LogP) is 1.35. The topological polar surface area (TPSA) is 45.2 Å². The number of nitrogens with zero attached hydrogens (tertiary/aromatic N) is 2. The monoisotopic (exact) mass is 233 g/mol. The predicted molar refractivity (Wildman–Crippen MR) is 66.5 cm³/mol. The Hall–Kier alpha value is -1.42. The Bertz CT molecular complexity index is 366. The van der Waals surface area contributed by atoms with Crippen LogP contribution in [0.1, 0.15) is 30.9 Å². The number of likely N-dealkylation sites (N-methyl/N-ethyl adjacent to an activating group) is 1. The van der Waals surface area contributed by atoms with Crippen LogP contribution in [0.15, 0.2) is 24.5 Å². The van der Waals surface area contributed by atoms with Gasteiger partial charge in [-0.1, -0.05) is 6.07 Å². The molecule has 1 saturated heterocycles. The first-order valence-corrected chi connectivity index (χ1v) is 6.17. The van der Waals surface area contributed by atoms with Crippen LogP contribution in [0.5, 0.6) is 0 Å². The number of hydrogen-bond donors (Lipinski definition) is 1. The number of piperidine rings is 1. The second-order valence-corrected chi connectivity index (χ2v) is 4.42. The van der Waals surface area contributed by atoms with Crippen LogP contribution in [0.2, 0.25) is 0 Å². The third-order valence-electron chi connectivity index (χ3n) is 3.22. The van der Waals surface area contributed by atoms with Crippen molar-refractivity contribution in [1.82, 2.24) is 15.2 Å². The highest BCUT2D eigenvalue weighted by atomic mass is 16.2. The van der Waals surface area contributed by atoms with Crippen molar-refractivity contribution in [3.05, 3.63) is 30.1 Å². The Labute approximate surface area is 102 Å². The molecule has 1 fully saturated rings. The van der Waals surface area contributed by atoms with Crippen LogP contribution in [0.4, 0.5) is 0 Å². The molecule has 0 bridgehead atoms. The SMILES string of the molecule is CNCC(=O)N1CCCC[C@H]1c1cccnc1. The molecule has 4 heteroatoms. The largest absolute Gasteiger partial charge is 0.334 e. The van der Waals surface area contributed by atoms with E-state index in [9.17, 15) is 4.79 Å². The van der Waals surface area contributed by atoms with Gasteiger partial charge in [0.1, 0.15) is 0 Å². The van der Waals surface area contributed by atoms with Crippen LogP contribution < -0.4 is 5.32 Å². The van der Waals surface area contributed by atoms with Crippen molar-refractivity contribution in [2.45, 2.75) is 25.3 Å². The van der Waals surface area contributed by atoms with Gasteiger partial charge in [-0.15, -0.1) is 0 Å². The molecule has 0 unspecified atom stereocenters. The highest BCUT2D eigenvalue weighted by molar-refractivity contribution is 5.78. The van der Waals surface area contributed by atoms with Gasteiger partial charge in [-0.25, -0.2) is 0 Å². The summed E-state index contributed by atoms with van der Waals surface area (Å²) in [5.74, 6) is 0.182. The second kappa shape index (κ2) is 5.77. The number of aromatic nitrogens is 1. The van der Waals surface area contributed by atoms with Gasteiger partial charge in [-0.2, -0.15) is 0 Å². The summed E-state index contributed by atoms with van der Waals surface area (Å²) in [6, 6.07) is 4.20. The lowest BCUT2D eigenvalue weighted by Gasteiger charge is -2.36. The Morgan fingerprint density at radius 1 is 1.59 bits per heavy atom. The van der Waals surface area contributed by atoms with E-state index in [0.29, 0.717) is 6.54 Å². The van der Waals surface area contributed by atoms with Gasteiger partial charge in [0, 0.05) is 18.9 Å². The molecule has 0 radical (unpaired) electrons. The van der Waals surface area contributed by atoms with Crippen molar-refractivity contribution < 1.29 is 4.79 Å². The van der Waals surface area contributed by atoms with E-state index in [1.54, 1.807) is 13.2 Å². The van der Waals surface area contributed by atoms with E-state index in [0.717, 1.165) is 24.9 Å². The van der Waals surface area contributed by atoms with Crippen molar-refractivity contribution in [1.29, 1.82) is 0 Å². The fourth-order valence-electron chi connectivity index (χ4n) is 2.40. The van der Waals surface area contributed by atoms with E-state index >= 15 is 0 Å². The number of likely N-dealkylation sites (tertiary alicyclic amines) is 1. The smallest absolute Gasteiger partial charge is 0.237 e. The molecule has 2 heterocycles. The maximum Gasteiger partial charge on any atom is 0.237 e. The van der Waals surface area contributed by atoms with Crippen LogP contribution in [-0.2, 0) is 4.79 Å². The Morgan fingerprint density at radius 2 is 2.47 bits per heavy atom. The average molecular weight is 233 g/mol. The zero-order valence-corrected chi connectivity index (χ0v) is 10.2. The van der Waals surface area contributed by atoms with E-state index in [4.69, 9.17) is 0 Å². The molecule has 0 aliphatic carbocycles. The lowest BCUT2D eigenvalue weighted by molar-refractivity contribution is -0.134. The molecule has 1 amide bonds. The summed E-state index contributed by atoms with van der Waals surface area (Å²) in [7, 11) is 1.81. The van der Waals surface area contributed by atoms with E-state index in [-0.39, 0.29) is 11.9 Å². The number of carbonyl (C=O) groups is 1. The van der Waals surface area contributed by atoms with Crippen molar-refractivity contribution in [2.24, 2.45) is 0 Å². The summed E-state index contributed by atoms with van der Waals surface area (Å²) in [4.78, 5) is 18.2. The summed E-state index contributed by atoms with van der Waals surface area (Å²) < 4.78 is 0. The molecule has 0 aromatic carbocycles. The molecule has 2 rings (SSSR count). The van der Waals surface area contributed by atoms with E-state index in [1.165, 1.54) is 6.42 Å². The molecule has 1 atom stereocenters. The molecule has 92 valence electrons. The number of rotatable bonds is 3. The molecule has 17 heavy (non-hydrogen) atoms. The molecule has 1 aromatic heterocycles. The molecule has 4 nitrogen and oxygen atoms in total. The first kappa shape index (κ1) is 12.0. The first-order chi connectivity index (χ1) is 8.33. The van der Waals surface area contributed by atoms with Gasteiger partial charge in [0.15, 0.2) is 0 Å². The Balaban J connectivity index is 2.15. The molecule has 1 aliphatic rings. The summed E-state index contributed by atoms with van der Waals surface area (Å²) in [6.45, 7) is 1.27. The normalized spacial score (nSPS) is 20.3. The molecular formula is C13H19N3O. The minimum absolute atomic E-state index is 0.182. The molecular weight excluding hydrogens is 214 g/mol. The van der Waals surface area contributed by atoms with Gasteiger partial charge in [0.25, 0.3) is 0 Å². The van der Waals surface area contributed by atoms with Crippen LogP contribution in [-0.4, -0.2) is 35.9 Å². The van der Waals surface area contributed by atoms with Crippen molar-refractivity contribution in [2.75, 3.05) is 20.1 Å². The summed E-state index contributed by atoms with van der Waals surface area (Å²) in [5, 5.41) is 2.93. The Morgan fingerprint density at radius 3 is 3.18 bits per heavy atom. The summed E-state index contributed by atoms with van der Waals surface area (Å²) >= 11 is 0. The third-order valence-corrected chi connectivity index (χ3v) is 3.22. The van der Waals surface area contributed by atoms with Gasteiger partial charge < -0.3 is 10.2 Å². The lowest BCUT2D eigenvalue weighted by Crippen LogP contribution is -2.42. The zero-order chi connectivity index (χ0) is 12.1. The molecule has 1 aromatic rings. The van der Waals surface area contributed by atoms with Gasteiger partial charge in [0.05, 0.1) is 12.6 Å². The fraction of sp³-hybridized carbons (Fsp3) is 0.538. The van der Waals surface area contributed by atoms with Crippen molar-refractivity contribution >= 4 is 5.91 Å². The maximum absolute atomic E-state index is 12.0. The lowest BCUT2D eigenvalue weighted by atomic mass is 9.96. The fourth-order valence-corrected chi connectivity index (χ4v) is 2.40. The van der Waals surface area contributed by atoms with Gasteiger partial charge in [-0.3, -0.25) is 9.78 Å². The first-order valence-electron chi connectivity index (χ1n) is 6.17. The van der Waals surface area contributed by atoms with Crippen molar-refractivity contribution in [3.63, 3.8) is 0 Å². The van der Waals surface area contributed by atoms with Crippen LogP contribution in [0, 0.1) is 0 Å². The number of amides is 1. The van der Waals surface area contributed by atoms with Crippen LogP contribution in [0.25, 0.3) is 0 Å². The minimum atomic E-state index is 0.182. The highest BCUT2D eigenvalue weighted by Crippen LogP contribution is 2.30. The second-order valence-electron chi connectivity index (χ2n) is 4.42. The van der Waals surface area contributed by atoms with E-state index < -0.39 is 0 Å². The van der Waals surface area contributed by atoms with E-state index in [2.05, 4.69) is 16.4 Å². The average Bonchev–Trinajstić information content (AvgIpc) is 2.40. The summed E-state index contributed by atoms with van der Waals surface area (Å²) in [5.41, 5.74) is 1.15. The quantitative estimate of drug-likeness (QED) is 0.857. The molecule has 0 spiro atoms. The number of hydrogen-bond acceptors (Lipinski definition) is 3. The molecule has 0 saturated carbocycles. The van der Waals surface area contributed by atoms with Gasteiger partial charge >= 0.3 is 0 Å². The third kappa shape index (κ3) is 2.82. The van der Waals surface area contributed by atoms with E-state index in [1.807, 2.05) is 17.2 Å². The maximum atomic E-state index is 12.0. The minimum Gasteiger partial charge on any atom is -0.334 e. The number of pyridine rings is 1. The van der Waals surface area contributed by atoms with Gasteiger partial charge in [0.2, 0.25) is 5.91 Å². The Kier molecular flexibility index (Phi) is 4.09. The summed E-state index contributed by atoms with van der Waals surface area (Å²) in [6.07, 6.45) is 6.97. The van der Waals surface area contributed by atoms with Crippen LogP contribution in [0.3, 0.4) is 0 Å². The number of carbonyl (C=O) groups excluding carboxylic acids is 1. The van der Waals surface area contributed by atoms with Gasteiger partial charge in [-0.05, 0) is 37.9 Å². The number of nitrogens with one attached hydrogen (secondary N) is 1.